The Morgan fingerprint density at radius 1 is 1.08 bits per heavy atom. The van der Waals surface area contributed by atoms with Crippen molar-refractivity contribution in [1.29, 1.82) is 0 Å². The molecule has 0 aromatic heterocycles. The first-order valence-corrected chi connectivity index (χ1v) is 13.1. The number of anilines is 3. The Kier molecular flexibility index (Phi) is 7.51. The molecule has 4 rings (SSSR count). The molecule has 8 nitrogen and oxygen atoms in total. The Labute approximate surface area is 215 Å². The Morgan fingerprint density at radius 2 is 1.78 bits per heavy atom. The number of hydrogen-bond donors (Lipinski definition) is 1. The number of nitrogens with one attached hydrogen (secondary N) is 1. The van der Waals surface area contributed by atoms with Crippen LogP contribution >= 0.6 is 11.6 Å². The molecule has 0 bridgehead atoms. The lowest BCUT2D eigenvalue weighted by atomic mass is 10.2. The number of sulfonamides is 1. The van der Waals surface area contributed by atoms with Gasteiger partial charge in [0.15, 0.2) is 0 Å². The van der Waals surface area contributed by atoms with E-state index in [1.54, 1.807) is 47.4 Å². The summed E-state index contributed by atoms with van der Waals surface area (Å²) >= 11 is 6.26. The van der Waals surface area contributed by atoms with Crippen LogP contribution in [0, 0.1) is 6.92 Å². The number of halogens is 1. The zero-order valence-electron chi connectivity index (χ0n) is 19.9. The van der Waals surface area contributed by atoms with E-state index in [1.807, 2.05) is 6.92 Å². The fourth-order valence-electron chi connectivity index (χ4n) is 3.94. The number of amides is 2. The summed E-state index contributed by atoms with van der Waals surface area (Å²) in [5.41, 5.74) is 2.37. The molecule has 0 saturated carbocycles. The number of nitrogens with zero attached hydrogens (tertiary/aromatic N) is 2. The highest BCUT2D eigenvalue weighted by atomic mass is 35.5. The quantitative estimate of drug-likeness (QED) is 0.461. The van der Waals surface area contributed by atoms with Gasteiger partial charge in [-0.25, -0.2) is 8.42 Å². The summed E-state index contributed by atoms with van der Waals surface area (Å²) in [7, 11) is -2.63. The van der Waals surface area contributed by atoms with Crippen molar-refractivity contribution in [1.82, 2.24) is 0 Å². The number of aryl methyl sites for hydroxylation is 1. The first-order valence-electron chi connectivity index (χ1n) is 11.3. The van der Waals surface area contributed by atoms with Gasteiger partial charge >= 0.3 is 0 Å². The van der Waals surface area contributed by atoms with Gasteiger partial charge in [0.1, 0.15) is 12.3 Å². The molecule has 0 radical (unpaired) electrons. The molecule has 188 valence electrons. The summed E-state index contributed by atoms with van der Waals surface area (Å²) < 4.78 is 33.3. The van der Waals surface area contributed by atoms with Gasteiger partial charge in [0, 0.05) is 24.3 Å². The molecule has 2 amide bonds. The van der Waals surface area contributed by atoms with E-state index in [0.717, 1.165) is 22.0 Å². The predicted octanol–water partition coefficient (Wildman–Crippen LogP) is 4.62. The largest absolute Gasteiger partial charge is 0.495 e. The maximum absolute atomic E-state index is 13.6. The molecule has 3 aromatic carbocycles. The van der Waals surface area contributed by atoms with E-state index in [4.69, 9.17) is 16.3 Å². The van der Waals surface area contributed by atoms with E-state index >= 15 is 0 Å². The van der Waals surface area contributed by atoms with Crippen molar-refractivity contribution >= 4 is 50.5 Å². The molecule has 1 N–H and O–H groups in total. The molecule has 1 fully saturated rings. The predicted molar refractivity (Wildman–Crippen MR) is 140 cm³/mol. The summed E-state index contributed by atoms with van der Waals surface area (Å²) in [4.78, 5) is 26.7. The van der Waals surface area contributed by atoms with E-state index in [9.17, 15) is 18.0 Å². The molecule has 1 aliphatic heterocycles. The third kappa shape index (κ3) is 5.47. The standard InChI is InChI=1S/C26H26ClN3O5S/c1-18-5-12-22(13-6-18)36(33,34)30(21-11-14-24(35-2)23(27)16-21)17-25(31)28-19-7-9-20(10-8-19)29-15-3-4-26(29)32/h5-14,16H,3-4,15,17H2,1-2H3,(H,28,31). The molecule has 10 heteroatoms. The number of methoxy groups -OCH3 is 1. The zero-order valence-corrected chi connectivity index (χ0v) is 21.5. The van der Waals surface area contributed by atoms with E-state index < -0.39 is 22.5 Å². The van der Waals surface area contributed by atoms with Crippen LogP contribution in [0.15, 0.2) is 71.6 Å². The second kappa shape index (κ2) is 10.6. The van der Waals surface area contributed by atoms with Crippen LogP contribution in [0.4, 0.5) is 17.1 Å². The number of rotatable bonds is 8. The molecule has 3 aromatic rings. The van der Waals surface area contributed by atoms with Crippen LogP contribution in [0.5, 0.6) is 5.75 Å². The average Bonchev–Trinajstić information content (AvgIpc) is 3.29. The Hall–Kier alpha value is -3.56. The lowest BCUT2D eigenvalue weighted by Crippen LogP contribution is -2.38. The Morgan fingerprint density at radius 3 is 2.36 bits per heavy atom. The molecule has 0 aliphatic carbocycles. The van der Waals surface area contributed by atoms with Crippen molar-refractivity contribution in [3.05, 3.63) is 77.3 Å². The Bertz CT molecular complexity index is 1380. The summed E-state index contributed by atoms with van der Waals surface area (Å²) in [6.45, 7) is 2.04. The van der Waals surface area contributed by atoms with Gasteiger partial charge in [-0.1, -0.05) is 29.3 Å². The lowest BCUT2D eigenvalue weighted by molar-refractivity contribution is -0.117. The van der Waals surface area contributed by atoms with Crippen LogP contribution in [0.25, 0.3) is 0 Å². The number of carbonyl (C=O) groups excluding carboxylic acids is 2. The van der Waals surface area contributed by atoms with Crippen molar-refractivity contribution in [2.24, 2.45) is 0 Å². The summed E-state index contributed by atoms with van der Waals surface area (Å²) in [5, 5.41) is 2.95. The monoisotopic (exact) mass is 527 g/mol. The first kappa shape index (κ1) is 25.5. The van der Waals surface area contributed by atoms with Gasteiger partial charge in [0.2, 0.25) is 11.8 Å². The highest BCUT2D eigenvalue weighted by Crippen LogP contribution is 2.32. The van der Waals surface area contributed by atoms with E-state index in [1.165, 1.54) is 31.4 Å². The molecular weight excluding hydrogens is 502 g/mol. The second-order valence-electron chi connectivity index (χ2n) is 8.39. The molecule has 0 atom stereocenters. The topological polar surface area (TPSA) is 96.0 Å². The van der Waals surface area contributed by atoms with Crippen LogP contribution in [0.3, 0.4) is 0 Å². The van der Waals surface area contributed by atoms with Crippen LogP contribution < -0.4 is 19.3 Å². The number of hydrogen-bond acceptors (Lipinski definition) is 5. The van der Waals surface area contributed by atoms with E-state index in [0.29, 0.717) is 24.4 Å². The number of ether oxygens (including phenoxy) is 1. The molecular formula is C26H26ClN3O5S. The third-order valence-electron chi connectivity index (χ3n) is 5.86. The first-order chi connectivity index (χ1) is 17.2. The van der Waals surface area contributed by atoms with Gasteiger partial charge in [-0.2, -0.15) is 0 Å². The maximum atomic E-state index is 13.6. The minimum Gasteiger partial charge on any atom is -0.495 e. The van der Waals surface area contributed by atoms with Crippen LogP contribution in [-0.2, 0) is 19.6 Å². The van der Waals surface area contributed by atoms with Gasteiger partial charge in [0.05, 0.1) is 22.7 Å². The molecule has 1 saturated heterocycles. The lowest BCUT2D eigenvalue weighted by Gasteiger charge is -2.25. The highest BCUT2D eigenvalue weighted by molar-refractivity contribution is 7.92. The number of carbonyl (C=O) groups is 2. The minimum atomic E-state index is -4.09. The van der Waals surface area contributed by atoms with E-state index in [-0.39, 0.29) is 21.5 Å². The zero-order chi connectivity index (χ0) is 25.9. The van der Waals surface area contributed by atoms with Crippen molar-refractivity contribution in [2.75, 3.05) is 34.7 Å². The maximum Gasteiger partial charge on any atom is 0.264 e. The number of benzene rings is 3. The molecule has 0 unspecified atom stereocenters. The van der Waals surface area contributed by atoms with Gasteiger partial charge in [-0.05, 0) is 67.9 Å². The molecule has 0 spiro atoms. The van der Waals surface area contributed by atoms with Crippen LogP contribution in [0.2, 0.25) is 5.02 Å². The fraction of sp³-hybridized carbons (Fsp3) is 0.231. The van der Waals surface area contributed by atoms with Crippen molar-refractivity contribution < 1.29 is 22.7 Å². The highest BCUT2D eigenvalue weighted by Gasteiger charge is 2.28. The summed E-state index contributed by atoms with van der Waals surface area (Å²) in [5.74, 6) is -0.0846. The van der Waals surface area contributed by atoms with Crippen molar-refractivity contribution in [3.8, 4) is 5.75 Å². The fourth-order valence-corrected chi connectivity index (χ4v) is 5.60. The Balaban J connectivity index is 1.59. The van der Waals surface area contributed by atoms with Gasteiger partial charge in [0.25, 0.3) is 10.0 Å². The minimum absolute atomic E-state index is 0.0486. The van der Waals surface area contributed by atoms with Crippen molar-refractivity contribution in [2.45, 2.75) is 24.7 Å². The summed E-state index contributed by atoms with van der Waals surface area (Å²) in [6.07, 6.45) is 1.34. The van der Waals surface area contributed by atoms with E-state index in [2.05, 4.69) is 5.32 Å². The van der Waals surface area contributed by atoms with Gasteiger partial charge < -0.3 is 15.0 Å². The smallest absolute Gasteiger partial charge is 0.264 e. The SMILES string of the molecule is COc1ccc(N(CC(=O)Nc2ccc(N3CCCC3=O)cc2)S(=O)(=O)c2ccc(C)cc2)cc1Cl. The van der Waals surface area contributed by atoms with Gasteiger partial charge in [-0.3, -0.25) is 13.9 Å². The van der Waals surface area contributed by atoms with Crippen LogP contribution in [0.1, 0.15) is 18.4 Å². The van der Waals surface area contributed by atoms with Gasteiger partial charge in [-0.15, -0.1) is 0 Å². The van der Waals surface area contributed by atoms with Crippen LogP contribution in [-0.4, -0.2) is 40.4 Å². The molecule has 1 heterocycles. The molecule has 36 heavy (non-hydrogen) atoms. The van der Waals surface area contributed by atoms with Crippen molar-refractivity contribution in [3.63, 3.8) is 0 Å². The second-order valence-corrected chi connectivity index (χ2v) is 10.7. The normalized spacial score (nSPS) is 13.5. The average molecular weight is 528 g/mol. The molecule has 1 aliphatic rings. The third-order valence-corrected chi connectivity index (χ3v) is 7.94. The summed E-state index contributed by atoms with van der Waals surface area (Å²) in [6, 6.07) is 17.8.